The van der Waals surface area contributed by atoms with Gasteiger partial charge in [0.2, 0.25) is 0 Å². The zero-order valence-electron chi connectivity index (χ0n) is 17.4. The summed E-state index contributed by atoms with van der Waals surface area (Å²) in [6, 6.07) is 24.4. The number of esters is 1. The molecular weight excluding hydrogens is 376 g/mol. The topological polar surface area (TPSA) is 42.0 Å². The van der Waals surface area contributed by atoms with Crippen molar-refractivity contribution in [2.45, 2.75) is 0 Å². The summed E-state index contributed by atoms with van der Waals surface area (Å²) in [4.78, 5) is 16.4. The van der Waals surface area contributed by atoms with Crippen LogP contribution in [0, 0.1) is 0 Å². The molecular formula is C25H26N2O3. The molecule has 3 aromatic carbocycles. The normalized spacial score (nSPS) is 13.8. The summed E-state index contributed by atoms with van der Waals surface area (Å²) < 4.78 is 10.0. The molecule has 0 spiro atoms. The van der Waals surface area contributed by atoms with Crippen LogP contribution in [0.1, 0.15) is 10.4 Å². The van der Waals surface area contributed by atoms with Crippen molar-refractivity contribution in [1.29, 1.82) is 0 Å². The first kappa shape index (κ1) is 19.8. The lowest BCUT2D eigenvalue weighted by atomic mass is 10.0. The third-order valence-corrected chi connectivity index (χ3v) is 5.59. The van der Waals surface area contributed by atoms with E-state index in [1.54, 1.807) is 19.2 Å². The number of rotatable bonds is 5. The minimum atomic E-state index is -0.314. The molecule has 0 bridgehead atoms. The molecule has 1 heterocycles. The van der Waals surface area contributed by atoms with Gasteiger partial charge in [-0.15, -0.1) is 0 Å². The molecule has 3 aromatic rings. The van der Waals surface area contributed by atoms with Crippen LogP contribution in [0.2, 0.25) is 0 Å². The lowest BCUT2D eigenvalue weighted by molar-refractivity contribution is 0.0601. The van der Waals surface area contributed by atoms with E-state index < -0.39 is 0 Å². The van der Waals surface area contributed by atoms with Gasteiger partial charge in [0.1, 0.15) is 5.75 Å². The Morgan fingerprint density at radius 3 is 1.53 bits per heavy atom. The Balaban J connectivity index is 1.38. The van der Waals surface area contributed by atoms with Gasteiger partial charge in [0.05, 0.1) is 19.8 Å². The maximum atomic E-state index is 11.6. The maximum absolute atomic E-state index is 11.6. The summed E-state index contributed by atoms with van der Waals surface area (Å²) >= 11 is 0. The number of benzene rings is 3. The number of anilines is 2. The van der Waals surface area contributed by atoms with Crippen molar-refractivity contribution >= 4 is 17.3 Å². The molecule has 0 atom stereocenters. The highest BCUT2D eigenvalue weighted by Gasteiger charge is 2.17. The fourth-order valence-corrected chi connectivity index (χ4v) is 3.80. The molecule has 0 radical (unpaired) electrons. The van der Waals surface area contributed by atoms with Crippen molar-refractivity contribution in [1.82, 2.24) is 0 Å². The zero-order valence-corrected chi connectivity index (χ0v) is 17.4. The number of hydrogen-bond donors (Lipinski definition) is 0. The molecule has 1 fully saturated rings. The SMILES string of the molecule is COC(=O)c1ccc(-c2ccc(N3CCN(c4ccc(OC)cc4)CC3)cc2)cc1. The standard InChI is InChI=1S/C25H26N2O3/c1-29-24-13-11-23(12-14-24)27-17-15-26(16-18-27)22-9-7-20(8-10-22)19-3-5-21(6-4-19)25(28)30-2/h3-14H,15-18H2,1-2H3. The molecule has 5 nitrogen and oxygen atoms in total. The summed E-state index contributed by atoms with van der Waals surface area (Å²) in [7, 11) is 3.09. The first-order valence-corrected chi connectivity index (χ1v) is 10.1. The van der Waals surface area contributed by atoms with E-state index in [4.69, 9.17) is 9.47 Å². The quantitative estimate of drug-likeness (QED) is 0.589. The van der Waals surface area contributed by atoms with Crippen LogP contribution >= 0.6 is 0 Å². The average Bonchev–Trinajstić information content (AvgIpc) is 2.84. The molecule has 0 aromatic heterocycles. The van der Waals surface area contributed by atoms with Crippen molar-refractivity contribution in [2.75, 3.05) is 50.2 Å². The van der Waals surface area contributed by atoms with Gasteiger partial charge in [-0.1, -0.05) is 24.3 Å². The van der Waals surface area contributed by atoms with Gasteiger partial charge in [-0.25, -0.2) is 4.79 Å². The summed E-state index contributed by atoms with van der Waals surface area (Å²) in [5, 5.41) is 0. The van der Waals surface area contributed by atoms with E-state index >= 15 is 0 Å². The van der Waals surface area contributed by atoms with Crippen LogP contribution in [0.5, 0.6) is 5.75 Å². The predicted molar refractivity (Wildman–Crippen MR) is 121 cm³/mol. The molecule has 30 heavy (non-hydrogen) atoms. The van der Waals surface area contributed by atoms with Gasteiger partial charge in [0.25, 0.3) is 0 Å². The van der Waals surface area contributed by atoms with Crippen molar-refractivity contribution in [3.05, 3.63) is 78.4 Å². The van der Waals surface area contributed by atoms with Crippen molar-refractivity contribution < 1.29 is 14.3 Å². The van der Waals surface area contributed by atoms with Crippen LogP contribution in [0.4, 0.5) is 11.4 Å². The summed E-state index contributed by atoms with van der Waals surface area (Å²) in [6.45, 7) is 3.95. The number of carbonyl (C=O) groups excluding carboxylic acids is 1. The Hall–Kier alpha value is -3.47. The molecule has 4 rings (SSSR count). The molecule has 0 N–H and O–H groups in total. The molecule has 1 aliphatic rings. The number of nitrogens with zero attached hydrogens (tertiary/aromatic N) is 2. The van der Waals surface area contributed by atoms with Crippen molar-refractivity contribution in [3.8, 4) is 16.9 Å². The Kier molecular flexibility index (Phi) is 5.89. The molecule has 0 aliphatic carbocycles. The molecule has 1 saturated heterocycles. The second-order valence-corrected chi connectivity index (χ2v) is 7.29. The molecule has 0 amide bonds. The minimum absolute atomic E-state index is 0.314. The van der Waals surface area contributed by atoms with E-state index in [0.29, 0.717) is 5.56 Å². The largest absolute Gasteiger partial charge is 0.497 e. The van der Waals surface area contributed by atoms with Crippen LogP contribution in [0.15, 0.2) is 72.8 Å². The number of piperazine rings is 1. The Bertz CT molecular complexity index is 974. The fourth-order valence-electron chi connectivity index (χ4n) is 3.80. The fraction of sp³-hybridized carbons (Fsp3) is 0.240. The van der Waals surface area contributed by atoms with Crippen LogP contribution in [-0.2, 0) is 4.74 Å². The zero-order chi connectivity index (χ0) is 20.9. The summed E-state index contributed by atoms with van der Waals surface area (Å²) in [5.74, 6) is 0.572. The van der Waals surface area contributed by atoms with E-state index in [0.717, 1.165) is 43.1 Å². The van der Waals surface area contributed by atoms with Gasteiger partial charge in [0.15, 0.2) is 0 Å². The van der Waals surface area contributed by atoms with Crippen LogP contribution in [0.3, 0.4) is 0 Å². The van der Waals surface area contributed by atoms with Crippen LogP contribution in [-0.4, -0.2) is 46.4 Å². The van der Waals surface area contributed by atoms with Crippen LogP contribution < -0.4 is 14.5 Å². The summed E-state index contributed by atoms with van der Waals surface area (Å²) in [5.41, 5.74) is 5.25. The number of methoxy groups -OCH3 is 2. The smallest absolute Gasteiger partial charge is 0.337 e. The van der Waals surface area contributed by atoms with Gasteiger partial charge in [-0.2, -0.15) is 0 Å². The Labute approximate surface area is 177 Å². The molecule has 1 aliphatic heterocycles. The van der Waals surface area contributed by atoms with E-state index in [1.807, 2.05) is 24.3 Å². The molecule has 0 unspecified atom stereocenters. The van der Waals surface area contributed by atoms with E-state index in [1.165, 1.54) is 18.5 Å². The lowest BCUT2D eigenvalue weighted by Crippen LogP contribution is -2.46. The van der Waals surface area contributed by atoms with Gasteiger partial charge in [0, 0.05) is 37.6 Å². The van der Waals surface area contributed by atoms with E-state index in [9.17, 15) is 4.79 Å². The number of carbonyl (C=O) groups is 1. The third kappa shape index (κ3) is 4.25. The summed E-state index contributed by atoms with van der Waals surface area (Å²) in [6.07, 6.45) is 0. The second kappa shape index (κ2) is 8.91. The van der Waals surface area contributed by atoms with Gasteiger partial charge in [-0.05, 0) is 59.7 Å². The third-order valence-electron chi connectivity index (χ3n) is 5.59. The van der Waals surface area contributed by atoms with Gasteiger partial charge < -0.3 is 19.3 Å². The minimum Gasteiger partial charge on any atom is -0.497 e. The highest BCUT2D eigenvalue weighted by Crippen LogP contribution is 2.26. The van der Waals surface area contributed by atoms with Crippen molar-refractivity contribution in [3.63, 3.8) is 0 Å². The first-order valence-electron chi connectivity index (χ1n) is 10.1. The monoisotopic (exact) mass is 402 g/mol. The van der Waals surface area contributed by atoms with Gasteiger partial charge >= 0.3 is 5.97 Å². The van der Waals surface area contributed by atoms with Gasteiger partial charge in [-0.3, -0.25) is 0 Å². The molecule has 154 valence electrons. The average molecular weight is 402 g/mol. The molecule has 5 heteroatoms. The lowest BCUT2D eigenvalue weighted by Gasteiger charge is -2.37. The Morgan fingerprint density at radius 2 is 1.10 bits per heavy atom. The number of ether oxygens (including phenoxy) is 2. The van der Waals surface area contributed by atoms with E-state index in [-0.39, 0.29) is 5.97 Å². The first-order chi connectivity index (χ1) is 14.7. The second-order valence-electron chi connectivity index (χ2n) is 7.29. The number of hydrogen-bond acceptors (Lipinski definition) is 5. The predicted octanol–water partition coefficient (Wildman–Crippen LogP) is 4.48. The molecule has 0 saturated carbocycles. The van der Waals surface area contributed by atoms with Crippen molar-refractivity contribution in [2.24, 2.45) is 0 Å². The van der Waals surface area contributed by atoms with E-state index in [2.05, 4.69) is 46.2 Å². The Morgan fingerprint density at radius 1 is 0.667 bits per heavy atom. The highest BCUT2D eigenvalue weighted by atomic mass is 16.5. The van der Waals surface area contributed by atoms with Crippen LogP contribution in [0.25, 0.3) is 11.1 Å². The highest BCUT2D eigenvalue weighted by molar-refractivity contribution is 5.90. The maximum Gasteiger partial charge on any atom is 0.337 e.